The Morgan fingerprint density at radius 1 is 0.811 bits per heavy atom. The molecule has 0 bridgehead atoms. The number of ether oxygens (including phenoxy) is 2. The minimum absolute atomic E-state index is 0.0117. The summed E-state index contributed by atoms with van der Waals surface area (Å²) < 4.78 is 10.5. The molecular weight excluding hydrogens is 477 g/mol. The summed E-state index contributed by atoms with van der Waals surface area (Å²) in [4.78, 5) is 44.5. The minimum Gasteiger partial charge on any atom is -0.465 e. The third kappa shape index (κ3) is 9.21. The topological polar surface area (TPSA) is 132 Å². The van der Waals surface area contributed by atoms with Gasteiger partial charge in [-0.2, -0.15) is 0 Å². The van der Waals surface area contributed by atoms with Gasteiger partial charge in [-0.25, -0.2) is 9.59 Å². The normalized spacial score (nSPS) is 11.6. The number of hydrogen-bond acceptors (Lipinski definition) is 8. The molecule has 0 saturated carbocycles. The van der Waals surface area contributed by atoms with Gasteiger partial charge in [-0.3, -0.25) is 14.2 Å². The summed E-state index contributed by atoms with van der Waals surface area (Å²) in [6.45, 7) is 0. The van der Waals surface area contributed by atoms with Crippen LogP contribution < -0.4 is 11.0 Å². The van der Waals surface area contributed by atoms with E-state index >= 15 is 0 Å². The number of nitrogens with zero attached hydrogens (tertiary/aromatic N) is 1. The van der Waals surface area contributed by atoms with Gasteiger partial charge in [-0.1, -0.05) is 54.6 Å². The van der Waals surface area contributed by atoms with E-state index in [-0.39, 0.29) is 11.3 Å². The van der Waals surface area contributed by atoms with Crippen LogP contribution in [0.2, 0.25) is 0 Å². The van der Waals surface area contributed by atoms with Crippen molar-refractivity contribution in [2.24, 2.45) is 0 Å². The molecule has 2 aromatic carbocycles. The van der Waals surface area contributed by atoms with Crippen LogP contribution in [0.4, 0.5) is 0 Å². The fraction of sp³-hybridized carbons (Fsp3) is 0.111. The van der Waals surface area contributed by atoms with Crippen LogP contribution in [-0.2, 0) is 19.1 Å². The largest absolute Gasteiger partial charge is 0.488 e. The number of hydrogen-bond donors (Lipinski definition) is 2. The molecule has 1 aliphatic carbocycles. The predicted molar refractivity (Wildman–Crippen MR) is 139 cm³/mol. The highest BCUT2D eigenvalue weighted by atomic mass is 16.5. The van der Waals surface area contributed by atoms with Gasteiger partial charge < -0.3 is 19.5 Å². The van der Waals surface area contributed by atoms with Gasteiger partial charge in [-0.05, 0) is 35.8 Å². The molecule has 0 fully saturated rings. The van der Waals surface area contributed by atoms with E-state index < -0.39 is 19.1 Å². The van der Waals surface area contributed by atoms with Crippen molar-refractivity contribution in [1.29, 1.82) is 0 Å². The van der Waals surface area contributed by atoms with Gasteiger partial charge in [0.1, 0.15) is 0 Å². The standard InChI is InChI=1S/C13H11NO3.C8H8O3.C6H7BO2/c1-17-13(16)10-7-8-12(15)14(9-10)11-5-3-2-4-6-11;1-11-8(10)6-2-4-7(9)5-3-6;8-7(9)6-4-2-1-3-5-6/h2-9H,1H3;2-4H,5H2,1H3;1-5,8-9H. The molecule has 190 valence electrons. The minimum atomic E-state index is -1.34. The third-order valence-corrected chi connectivity index (χ3v) is 4.86. The first-order valence-electron chi connectivity index (χ1n) is 11.0. The van der Waals surface area contributed by atoms with Crippen molar-refractivity contribution in [2.75, 3.05) is 14.2 Å². The summed E-state index contributed by atoms with van der Waals surface area (Å²) in [5.74, 6) is -0.846. The summed E-state index contributed by atoms with van der Waals surface area (Å²) in [7, 11) is 1.28. The second kappa shape index (κ2) is 14.8. The average Bonchev–Trinajstić information content (AvgIpc) is 2.94. The van der Waals surface area contributed by atoms with Crippen LogP contribution in [0.25, 0.3) is 5.69 Å². The summed E-state index contributed by atoms with van der Waals surface area (Å²) in [5.41, 5.74) is 1.84. The zero-order valence-electron chi connectivity index (χ0n) is 20.3. The van der Waals surface area contributed by atoms with E-state index in [1.165, 1.54) is 49.3 Å². The fourth-order valence-corrected chi connectivity index (χ4v) is 2.94. The molecule has 1 aromatic heterocycles. The van der Waals surface area contributed by atoms with Crippen LogP contribution in [0, 0.1) is 0 Å². The van der Waals surface area contributed by atoms with E-state index in [2.05, 4.69) is 9.47 Å². The molecule has 0 saturated heterocycles. The highest BCUT2D eigenvalue weighted by Gasteiger charge is 2.10. The molecule has 0 unspecified atom stereocenters. The van der Waals surface area contributed by atoms with Crippen molar-refractivity contribution < 1.29 is 33.9 Å². The van der Waals surface area contributed by atoms with Crippen LogP contribution in [0.15, 0.2) is 108 Å². The maximum absolute atomic E-state index is 11.7. The van der Waals surface area contributed by atoms with E-state index in [9.17, 15) is 19.2 Å². The zero-order valence-corrected chi connectivity index (χ0v) is 20.3. The van der Waals surface area contributed by atoms with Crippen molar-refractivity contribution in [3.05, 3.63) is 119 Å². The smallest absolute Gasteiger partial charge is 0.465 e. The first kappa shape index (κ1) is 28.7. The van der Waals surface area contributed by atoms with Gasteiger partial charge in [0.05, 0.1) is 25.4 Å². The lowest BCUT2D eigenvalue weighted by Gasteiger charge is -2.06. The van der Waals surface area contributed by atoms with Crippen LogP contribution in [0.3, 0.4) is 0 Å². The summed E-state index contributed by atoms with van der Waals surface area (Å²) >= 11 is 0. The van der Waals surface area contributed by atoms with Gasteiger partial charge in [0.15, 0.2) is 5.78 Å². The molecule has 2 N–H and O–H groups in total. The Hall–Kier alpha value is -4.54. The molecule has 0 spiro atoms. The Morgan fingerprint density at radius 2 is 1.41 bits per heavy atom. The van der Waals surface area contributed by atoms with Gasteiger partial charge in [0, 0.05) is 24.4 Å². The summed E-state index contributed by atoms with van der Waals surface area (Å²) in [6.07, 6.45) is 6.18. The van der Waals surface area contributed by atoms with E-state index in [1.54, 1.807) is 42.5 Å². The maximum Gasteiger partial charge on any atom is 0.488 e. The van der Waals surface area contributed by atoms with E-state index in [1.807, 2.05) is 24.3 Å². The number of benzene rings is 2. The first-order chi connectivity index (χ1) is 17.8. The van der Waals surface area contributed by atoms with Crippen LogP contribution in [-0.4, -0.2) is 53.7 Å². The molecule has 1 heterocycles. The number of carbonyl (C=O) groups excluding carboxylic acids is 3. The van der Waals surface area contributed by atoms with Crippen LogP contribution in [0.1, 0.15) is 16.8 Å². The number of methoxy groups -OCH3 is 2. The molecule has 0 atom stereocenters. The second-order valence-corrected chi connectivity index (χ2v) is 7.39. The lowest BCUT2D eigenvalue weighted by molar-refractivity contribution is -0.135. The number of ketones is 1. The van der Waals surface area contributed by atoms with E-state index in [4.69, 9.17) is 10.0 Å². The van der Waals surface area contributed by atoms with Crippen molar-refractivity contribution in [1.82, 2.24) is 4.57 Å². The van der Waals surface area contributed by atoms with E-state index in [0.717, 1.165) is 0 Å². The number of carbonyl (C=O) groups is 3. The SMILES string of the molecule is COC(=O)C1=CCC(=O)C=C1.COC(=O)c1ccc(=O)n(-c2ccccc2)c1.OB(O)c1ccccc1. The van der Waals surface area contributed by atoms with Crippen molar-refractivity contribution in [3.8, 4) is 5.69 Å². The lowest BCUT2D eigenvalue weighted by Crippen LogP contribution is -2.29. The molecule has 1 aliphatic rings. The summed E-state index contributed by atoms with van der Waals surface area (Å²) in [5, 5.41) is 17.2. The van der Waals surface area contributed by atoms with Crippen LogP contribution >= 0.6 is 0 Å². The Morgan fingerprint density at radius 3 is 1.89 bits per heavy atom. The fourth-order valence-electron chi connectivity index (χ4n) is 2.94. The van der Waals surface area contributed by atoms with Crippen LogP contribution in [0.5, 0.6) is 0 Å². The maximum atomic E-state index is 11.7. The molecule has 0 aliphatic heterocycles. The Balaban J connectivity index is 0.000000208. The number of aromatic nitrogens is 1. The second-order valence-electron chi connectivity index (χ2n) is 7.39. The highest BCUT2D eigenvalue weighted by molar-refractivity contribution is 6.58. The third-order valence-electron chi connectivity index (χ3n) is 4.86. The Kier molecular flexibility index (Phi) is 11.5. The Labute approximate surface area is 214 Å². The Bertz CT molecular complexity index is 1310. The van der Waals surface area contributed by atoms with E-state index in [0.29, 0.717) is 28.7 Å². The van der Waals surface area contributed by atoms with Gasteiger partial charge in [0.25, 0.3) is 5.56 Å². The van der Waals surface area contributed by atoms with Gasteiger partial charge in [-0.15, -0.1) is 0 Å². The first-order valence-corrected chi connectivity index (χ1v) is 11.0. The van der Waals surface area contributed by atoms with Crippen molar-refractivity contribution in [3.63, 3.8) is 0 Å². The average molecular weight is 503 g/mol. The molecule has 0 radical (unpaired) electrons. The zero-order chi connectivity index (χ0) is 27.2. The quantitative estimate of drug-likeness (QED) is 0.406. The molecule has 9 nitrogen and oxygen atoms in total. The monoisotopic (exact) mass is 503 g/mol. The molecule has 0 amide bonds. The molecule has 4 rings (SSSR count). The number of rotatable bonds is 4. The molecule has 37 heavy (non-hydrogen) atoms. The van der Waals surface area contributed by atoms with Crippen molar-refractivity contribution in [2.45, 2.75) is 6.42 Å². The predicted octanol–water partition coefficient (Wildman–Crippen LogP) is 1.61. The summed E-state index contributed by atoms with van der Waals surface area (Å²) in [6, 6.07) is 20.6. The number of pyridine rings is 1. The molecular formula is C27H26BNO8. The number of allylic oxidation sites excluding steroid dienone is 2. The van der Waals surface area contributed by atoms with Crippen molar-refractivity contribution >= 4 is 30.3 Å². The lowest BCUT2D eigenvalue weighted by atomic mass is 9.81. The van der Waals surface area contributed by atoms with Gasteiger partial charge >= 0.3 is 19.1 Å². The molecule has 10 heteroatoms. The number of para-hydroxylation sites is 1. The highest BCUT2D eigenvalue weighted by Crippen LogP contribution is 2.08. The molecule has 3 aromatic rings. The van der Waals surface area contributed by atoms with Gasteiger partial charge in [0.2, 0.25) is 0 Å². The number of esters is 2.